The first kappa shape index (κ1) is 13.7. The lowest BCUT2D eigenvalue weighted by atomic mass is 10.1. The molecule has 0 bridgehead atoms. The van der Waals surface area contributed by atoms with Gasteiger partial charge in [0.25, 0.3) is 0 Å². The number of rotatable bonds is 2. The van der Waals surface area contributed by atoms with E-state index in [0.29, 0.717) is 19.6 Å². The van der Waals surface area contributed by atoms with E-state index in [-0.39, 0.29) is 38.3 Å². The summed E-state index contributed by atoms with van der Waals surface area (Å²) >= 11 is 17.5. The minimum Gasteiger partial charge on any atom is -0.504 e. The standard InChI is InChI=1S/C11H10Cl3NO3/c12-6-3-7(13)10(16)9(8(6)14)15-11(17)5-1-2-18-4-5/h3,5,16H,1-2,4H2,(H,15,17)/t5-/m0/s1. The van der Waals surface area contributed by atoms with Crippen molar-refractivity contribution in [3.8, 4) is 5.75 Å². The Kier molecular flexibility index (Phi) is 4.22. The Morgan fingerprint density at radius 1 is 1.39 bits per heavy atom. The average Bonchev–Trinajstić information content (AvgIpc) is 2.85. The monoisotopic (exact) mass is 309 g/mol. The minimum atomic E-state index is -0.293. The zero-order valence-corrected chi connectivity index (χ0v) is 11.4. The van der Waals surface area contributed by atoms with Crippen molar-refractivity contribution in [3.05, 3.63) is 21.1 Å². The number of anilines is 1. The van der Waals surface area contributed by atoms with Gasteiger partial charge in [-0.25, -0.2) is 0 Å². The van der Waals surface area contributed by atoms with Crippen LogP contribution in [-0.4, -0.2) is 24.2 Å². The maximum absolute atomic E-state index is 11.9. The van der Waals surface area contributed by atoms with Gasteiger partial charge in [-0.05, 0) is 12.5 Å². The highest BCUT2D eigenvalue weighted by Gasteiger charge is 2.26. The van der Waals surface area contributed by atoms with Crippen LogP contribution in [0.5, 0.6) is 5.75 Å². The maximum atomic E-state index is 11.9. The molecule has 1 atom stereocenters. The third-order valence-electron chi connectivity index (χ3n) is 2.69. The van der Waals surface area contributed by atoms with Gasteiger partial charge in [0.2, 0.25) is 5.91 Å². The van der Waals surface area contributed by atoms with Crippen molar-refractivity contribution in [1.82, 2.24) is 0 Å². The normalized spacial score (nSPS) is 18.9. The molecule has 1 aromatic rings. The Bertz CT molecular complexity index is 461. The van der Waals surface area contributed by atoms with Crippen LogP contribution in [0.2, 0.25) is 15.1 Å². The Morgan fingerprint density at radius 3 is 2.72 bits per heavy atom. The predicted octanol–water partition coefficient (Wildman–Crippen LogP) is 3.33. The second kappa shape index (κ2) is 5.53. The second-order valence-electron chi connectivity index (χ2n) is 3.93. The molecule has 7 heteroatoms. The molecule has 0 spiro atoms. The molecule has 98 valence electrons. The van der Waals surface area contributed by atoms with Gasteiger partial charge in [-0.1, -0.05) is 34.8 Å². The van der Waals surface area contributed by atoms with Gasteiger partial charge in [-0.3, -0.25) is 4.79 Å². The molecule has 1 saturated heterocycles. The van der Waals surface area contributed by atoms with Crippen molar-refractivity contribution in [3.63, 3.8) is 0 Å². The smallest absolute Gasteiger partial charge is 0.230 e. The Labute approximate surface area is 119 Å². The number of hydrogen-bond donors (Lipinski definition) is 2. The zero-order valence-electron chi connectivity index (χ0n) is 9.17. The Balaban J connectivity index is 2.25. The molecule has 1 heterocycles. The number of amides is 1. The molecule has 1 fully saturated rings. The Hall–Kier alpha value is -0.680. The van der Waals surface area contributed by atoms with E-state index in [9.17, 15) is 9.90 Å². The second-order valence-corrected chi connectivity index (χ2v) is 5.12. The van der Waals surface area contributed by atoms with Crippen LogP contribution in [0.25, 0.3) is 0 Å². The molecule has 2 rings (SSSR count). The van der Waals surface area contributed by atoms with Crippen molar-refractivity contribution in [1.29, 1.82) is 0 Å². The van der Waals surface area contributed by atoms with Crippen LogP contribution in [-0.2, 0) is 9.53 Å². The van der Waals surface area contributed by atoms with E-state index < -0.39 is 0 Å². The third-order valence-corrected chi connectivity index (χ3v) is 3.77. The van der Waals surface area contributed by atoms with Crippen LogP contribution in [0.3, 0.4) is 0 Å². The largest absolute Gasteiger partial charge is 0.504 e. The van der Waals surface area contributed by atoms with Crippen molar-refractivity contribution < 1.29 is 14.6 Å². The fraction of sp³-hybridized carbons (Fsp3) is 0.364. The first-order valence-electron chi connectivity index (χ1n) is 5.25. The summed E-state index contributed by atoms with van der Waals surface area (Å²) in [4.78, 5) is 11.9. The molecule has 0 aromatic heterocycles. The number of halogens is 3. The molecular formula is C11H10Cl3NO3. The third kappa shape index (κ3) is 2.67. The van der Waals surface area contributed by atoms with Crippen LogP contribution in [0.1, 0.15) is 6.42 Å². The van der Waals surface area contributed by atoms with E-state index in [1.807, 2.05) is 0 Å². The summed E-state index contributed by atoms with van der Waals surface area (Å²) in [5.74, 6) is -0.820. The molecule has 1 aromatic carbocycles. The van der Waals surface area contributed by atoms with E-state index in [2.05, 4.69) is 5.32 Å². The average molecular weight is 311 g/mol. The molecule has 1 aliphatic rings. The molecule has 0 saturated carbocycles. The van der Waals surface area contributed by atoms with Crippen LogP contribution < -0.4 is 5.32 Å². The minimum absolute atomic E-state index is 0.0300. The lowest BCUT2D eigenvalue weighted by Gasteiger charge is -2.13. The number of aromatic hydroxyl groups is 1. The number of benzene rings is 1. The highest BCUT2D eigenvalue weighted by molar-refractivity contribution is 6.46. The number of nitrogens with one attached hydrogen (secondary N) is 1. The van der Waals surface area contributed by atoms with Gasteiger partial charge in [0.05, 0.1) is 27.6 Å². The summed E-state index contributed by atoms with van der Waals surface area (Å²) in [6.07, 6.45) is 0.637. The fourth-order valence-corrected chi connectivity index (χ4v) is 2.32. The number of phenols is 1. The van der Waals surface area contributed by atoms with Gasteiger partial charge in [-0.15, -0.1) is 0 Å². The molecule has 18 heavy (non-hydrogen) atoms. The summed E-state index contributed by atoms with van der Waals surface area (Å²) in [6.45, 7) is 0.909. The van der Waals surface area contributed by atoms with Gasteiger partial charge >= 0.3 is 0 Å². The number of ether oxygens (including phenoxy) is 1. The summed E-state index contributed by atoms with van der Waals surface area (Å²) < 4.78 is 5.12. The van der Waals surface area contributed by atoms with E-state index in [1.165, 1.54) is 6.07 Å². The molecule has 4 nitrogen and oxygen atoms in total. The number of phenolic OH excluding ortho intramolecular Hbond substituents is 1. The molecular weight excluding hydrogens is 300 g/mol. The van der Waals surface area contributed by atoms with Gasteiger partial charge in [0.1, 0.15) is 5.69 Å². The molecule has 0 radical (unpaired) electrons. The van der Waals surface area contributed by atoms with Gasteiger partial charge in [-0.2, -0.15) is 0 Å². The van der Waals surface area contributed by atoms with E-state index in [0.717, 1.165) is 0 Å². The fourth-order valence-electron chi connectivity index (χ4n) is 1.67. The molecule has 1 amide bonds. The lowest BCUT2D eigenvalue weighted by molar-refractivity contribution is -0.119. The van der Waals surface area contributed by atoms with Crippen molar-refractivity contribution in [2.45, 2.75) is 6.42 Å². The first-order chi connectivity index (χ1) is 8.50. The van der Waals surface area contributed by atoms with Crippen LogP contribution in [0.4, 0.5) is 5.69 Å². The van der Waals surface area contributed by atoms with Gasteiger partial charge < -0.3 is 15.2 Å². The molecule has 0 unspecified atom stereocenters. The van der Waals surface area contributed by atoms with Crippen molar-refractivity contribution >= 4 is 46.4 Å². The maximum Gasteiger partial charge on any atom is 0.230 e. The van der Waals surface area contributed by atoms with E-state index in [1.54, 1.807) is 0 Å². The highest BCUT2D eigenvalue weighted by Crippen LogP contribution is 2.42. The van der Waals surface area contributed by atoms with Gasteiger partial charge in [0.15, 0.2) is 5.75 Å². The summed E-state index contributed by atoms with van der Waals surface area (Å²) in [7, 11) is 0. The molecule has 2 N–H and O–H groups in total. The SMILES string of the molecule is O=C(Nc1c(O)c(Cl)cc(Cl)c1Cl)[C@H]1CCOC1. The quantitative estimate of drug-likeness (QED) is 0.651. The van der Waals surface area contributed by atoms with E-state index >= 15 is 0 Å². The van der Waals surface area contributed by atoms with Crippen LogP contribution >= 0.6 is 34.8 Å². The molecule has 1 aliphatic heterocycles. The van der Waals surface area contributed by atoms with E-state index in [4.69, 9.17) is 39.5 Å². The predicted molar refractivity (Wildman–Crippen MR) is 70.7 cm³/mol. The number of carbonyl (C=O) groups is 1. The number of carbonyl (C=O) groups excluding carboxylic acids is 1. The lowest BCUT2D eigenvalue weighted by Crippen LogP contribution is -2.23. The topological polar surface area (TPSA) is 58.6 Å². The molecule has 0 aliphatic carbocycles. The Morgan fingerprint density at radius 2 is 2.11 bits per heavy atom. The van der Waals surface area contributed by atoms with Gasteiger partial charge in [0, 0.05) is 6.61 Å². The van der Waals surface area contributed by atoms with Crippen LogP contribution in [0.15, 0.2) is 6.07 Å². The number of hydrogen-bond acceptors (Lipinski definition) is 3. The van der Waals surface area contributed by atoms with Crippen molar-refractivity contribution in [2.24, 2.45) is 5.92 Å². The highest BCUT2D eigenvalue weighted by atomic mass is 35.5. The van der Waals surface area contributed by atoms with Crippen molar-refractivity contribution in [2.75, 3.05) is 18.5 Å². The first-order valence-corrected chi connectivity index (χ1v) is 6.39. The van der Waals surface area contributed by atoms with Crippen LogP contribution in [0, 0.1) is 5.92 Å². The summed E-state index contributed by atoms with van der Waals surface area (Å²) in [5.41, 5.74) is 0.0334. The zero-order chi connectivity index (χ0) is 13.3. The summed E-state index contributed by atoms with van der Waals surface area (Å²) in [6, 6.07) is 1.31. The summed E-state index contributed by atoms with van der Waals surface area (Å²) in [5, 5.41) is 12.6.